The van der Waals surface area contributed by atoms with Crippen molar-refractivity contribution in [1.82, 2.24) is 0 Å². The van der Waals surface area contributed by atoms with E-state index in [1.54, 1.807) is 0 Å². The van der Waals surface area contributed by atoms with Crippen LogP contribution in [0.2, 0.25) is 0 Å². The molecule has 0 atom stereocenters. The maximum absolute atomic E-state index is 4.97. The second kappa shape index (κ2) is 3.74. The van der Waals surface area contributed by atoms with E-state index in [-0.39, 0.29) is 5.92 Å². The van der Waals surface area contributed by atoms with Gasteiger partial charge in [0.2, 0.25) is 0 Å². The highest BCUT2D eigenvalue weighted by Crippen LogP contribution is 1.99. The number of hydrogen-bond donors (Lipinski definition) is 0. The van der Waals surface area contributed by atoms with Crippen LogP contribution in [-0.2, 0) is 0 Å². The highest BCUT2D eigenvalue weighted by Gasteiger charge is 1.87. The van der Waals surface area contributed by atoms with Gasteiger partial charge in [0.1, 0.15) is 0 Å². The lowest BCUT2D eigenvalue weighted by atomic mass is 10.1. The summed E-state index contributed by atoms with van der Waals surface area (Å²) in [6.45, 7) is 7.34. The van der Waals surface area contributed by atoms with Crippen molar-refractivity contribution in [2.75, 3.05) is 0 Å². The largest absolute Gasteiger partial charge is 0.120 e. The van der Waals surface area contributed by atoms with E-state index in [0.717, 1.165) is 12.8 Å². The standard InChI is InChI=1S/C7H10/c1-4-5-6-7(2)3/h1,7H,2-3,5-6H2. The molecule has 0 saturated carbocycles. The van der Waals surface area contributed by atoms with E-state index in [9.17, 15) is 0 Å². The average Bonchev–Trinajstić information content (AvgIpc) is 1.61. The van der Waals surface area contributed by atoms with Gasteiger partial charge in [-0.2, -0.15) is 0 Å². The first kappa shape index (κ1) is 6.56. The Morgan fingerprint density at radius 3 is 2.29 bits per heavy atom. The van der Waals surface area contributed by atoms with Gasteiger partial charge in [-0.05, 0) is 12.3 Å². The van der Waals surface area contributed by atoms with Crippen LogP contribution in [0.5, 0.6) is 0 Å². The van der Waals surface area contributed by atoms with Crippen molar-refractivity contribution in [3.05, 3.63) is 13.8 Å². The highest BCUT2D eigenvalue weighted by molar-refractivity contribution is 4.84. The van der Waals surface area contributed by atoms with E-state index in [1.807, 2.05) is 0 Å². The van der Waals surface area contributed by atoms with E-state index in [0.29, 0.717) is 0 Å². The van der Waals surface area contributed by atoms with Gasteiger partial charge in [0.05, 0.1) is 0 Å². The molecule has 0 rings (SSSR count). The Kier molecular flexibility index (Phi) is 3.50. The normalized spacial score (nSPS) is 8.86. The number of hydrogen-bond acceptors (Lipinski definition) is 0. The maximum Gasteiger partial charge on any atom is 0.00886 e. The minimum Gasteiger partial charge on any atom is -0.120 e. The molecule has 0 aromatic rings. The Labute approximate surface area is 45.9 Å². The summed E-state index contributed by atoms with van der Waals surface area (Å²) < 4.78 is 0. The molecule has 0 nitrogen and oxygen atoms in total. The SMILES string of the molecule is C#CCCC([CH2])[CH2]. The van der Waals surface area contributed by atoms with Gasteiger partial charge in [-0.25, -0.2) is 0 Å². The molecule has 0 heteroatoms. The fourth-order valence-electron chi connectivity index (χ4n) is 0.287. The minimum absolute atomic E-state index is 0.260. The van der Waals surface area contributed by atoms with Crippen molar-refractivity contribution in [3.8, 4) is 12.3 Å². The topological polar surface area (TPSA) is 0 Å². The van der Waals surface area contributed by atoms with Crippen LogP contribution in [0.4, 0.5) is 0 Å². The molecular weight excluding hydrogens is 84.1 g/mol. The van der Waals surface area contributed by atoms with Gasteiger partial charge in [-0.3, -0.25) is 0 Å². The third-order valence-electron chi connectivity index (χ3n) is 0.697. The molecule has 0 spiro atoms. The molecule has 0 aliphatic heterocycles. The molecule has 0 aliphatic carbocycles. The van der Waals surface area contributed by atoms with Gasteiger partial charge in [0.15, 0.2) is 0 Å². The van der Waals surface area contributed by atoms with E-state index in [1.165, 1.54) is 0 Å². The molecule has 0 saturated heterocycles. The summed E-state index contributed by atoms with van der Waals surface area (Å²) in [4.78, 5) is 0. The zero-order valence-corrected chi connectivity index (χ0v) is 4.48. The van der Waals surface area contributed by atoms with Crippen LogP contribution in [0, 0.1) is 32.1 Å². The molecular formula is C7H10. The molecule has 0 heterocycles. The maximum atomic E-state index is 4.97. The second-order valence-corrected chi connectivity index (χ2v) is 1.61. The Balaban J connectivity index is 2.86. The second-order valence-electron chi connectivity index (χ2n) is 1.61. The molecule has 0 fully saturated rings. The van der Waals surface area contributed by atoms with Crippen LogP contribution >= 0.6 is 0 Å². The van der Waals surface area contributed by atoms with E-state index < -0.39 is 0 Å². The molecule has 0 aromatic heterocycles. The molecule has 0 bridgehead atoms. The summed E-state index contributed by atoms with van der Waals surface area (Å²) in [7, 11) is 0. The molecule has 2 radical (unpaired) electrons. The molecule has 0 aromatic carbocycles. The predicted octanol–water partition coefficient (Wildman–Crippen LogP) is 1.68. The van der Waals surface area contributed by atoms with Crippen molar-refractivity contribution >= 4 is 0 Å². The summed E-state index contributed by atoms with van der Waals surface area (Å²) in [6, 6.07) is 0. The first-order valence-corrected chi connectivity index (χ1v) is 2.37. The molecule has 0 aliphatic rings. The average molecular weight is 94.2 g/mol. The van der Waals surface area contributed by atoms with E-state index in [2.05, 4.69) is 19.8 Å². The lowest BCUT2D eigenvalue weighted by molar-refractivity contribution is 0.724. The fraction of sp³-hybridized carbons (Fsp3) is 0.429. The summed E-state index contributed by atoms with van der Waals surface area (Å²) in [5.74, 6) is 2.78. The Bertz CT molecular complexity index is 64.6. The van der Waals surface area contributed by atoms with E-state index in [4.69, 9.17) is 6.42 Å². The van der Waals surface area contributed by atoms with Crippen molar-refractivity contribution in [2.24, 2.45) is 5.92 Å². The van der Waals surface area contributed by atoms with Crippen molar-refractivity contribution in [1.29, 1.82) is 0 Å². The van der Waals surface area contributed by atoms with Crippen LogP contribution in [-0.4, -0.2) is 0 Å². The Hall–Kier alpha value is -0.440. The molecule has 0 unspecified atom stereocenters. The third-order valence-corrected chi connectivity index (χ3v) is 0.697. The van der Waals surface area contributed by atoms with Crippen LogP contribution in [0.3, 0.4) is 0 Å². The summed E-state index contributed by atoms with van der Waals surface area (Å²) in [5, 5.41) is 0. The smallest absolute Gasteiger partial charge is 0.00886 e. The number of terminal acetylenes is 1. The first-order chi connectivity index (χ1) is 3.27. The Morgan fingerprint density at radius 2 is 2.14 bits per heavy atom. The van der Waals surface area contributed by atoms with Gasteiger partial charge in [0.25, 0.3) is 0 Å². The van der Waals surface area contributed by atoms with Gasteiger partial charge in [-0.15, -0.1) is 12.3 Å². The summed E-state index contributed by atoms with van der Waals surface area (Å²) >= 11 is 0. The van der Waals surface area contributed by atoms with Crippen molar-refractivity contribution in [2.45, 2.75) is 12.8 Å². The molecule has 0 N–H and O–H groups in total. The van der Waals surface area contributed by atoms with Crippen LogP contribution < -0.4 is 0 Å². The summed E-state index contributed by atoms with van der Waals surface area (Å²) in [5.41, 5.74) is 0. The molecule has 38 valence electrons. The lowest BCUT2D eigenvalue weighted by Gasteiger charge is -1.95. The van der Waals surface area contributed by atoms with Gasteiger partial charge >= 0.3 is 0 Å². The summed E-state index contributed by atoms with van der Waals surface area (Å²) in [6.07, 6.45) is 6.72. The van der Waals surface area contributed by atoms with E-state index >= 15 is 0 Å². The molecule has 7 heavy (non-hydrogen) atoms. The van der Waals surface area contributed by atoms with Crippen LogP contribution in [0.15, 0.2) is 0 Å². The zero-order chi connectivity index (χ0) is 5.70. The fourth-order valence-corrected chi connectivity index (χ4v) is 0.287. The van der Waals surface area contributed by atoms with Crippen LogP contribution in [0.25, 0.3) is 0 Å². The number of rotatable bonds is 2. The minimum atomic E-state index is 0.260. The quantitative estimate of drug-likeness (QED) is 0.457. The zero-order valence-electron chi connectivity index (χ0n) is 4.48. The monoisotopic (exact) mass is 94.1 g/mol. The highest BCUT2D eigenvalue weighted by atomic mass is 13.9. The van der Waals surface area contributed by atoms with Gasteiger partial charge < -0.3 is 0 Å². The third kappa shape index (κ3) is 5.56. The lowest BCUT2D eigenvalue weighted by Crippen LogP contribution is -1.84. The van der Waals surface area contributed by atoms with Crippen LogP contribution in [0.1, 0.15) is 12.8 Å². The van der Waals surface area contributed by atoms with Crippen molar-refractivity contribution in [3.63, 3.8) is 0 Å². The Morgan fingerprint density at radius 1 is 1.57 bits per heavy atom. The van der Waals surface area contributed by atoms with Crippen molar-refractivity contribution < 1.29 is 0 Å². The van der Waals surface area contributed by atoms with Gasteiger partial charge in [0, 0.05) is 6.42 Å². The molecule has 0 amide bonds. The van der Waals surface area contributed by atoms with Gasteiger partial charge in [-0.1, -0.05) is 13.8 Å². The first-order valence-electron chi connectivity index (χ1n) is 2.37. The predicted molar refractivity (Wildman–Crippen MR) is 32.3 cm³/mol.